The minimum absolute atomic E-state index is 0.105. The van der Waals surface area contributed by atoms with Gasteiger partial charge in [-0.2, -0.15) is 15.0 Å². The smallest absolute Gasteiger partial charge is 0.251 e. The molecule has 11 nitrogen and oxygen atoms in total. The number of carbonyl (C=O) groups excluding carboxylic acids is 1. The summed E-state index contributed by atoms with van der Waals surface area (Å²) in [6.45, 7) is 6.27. The van der Waals surface area contributed by atoms with Gasteiger partial charge in [0, 0.05) is 50.5 Å². The Balaban J connectivity index is 1.15. The van der Waals surface area contributed by atoms with Gasteiger partial charge in [0.2, 0.25) is 17.8 Å². The first kappa shape index (κ1) is 26.3. The van der Waals surface area contributed by atoms with E-state index in [1.165, 1.54) is 0 Å². The minimum Gasteiger partial charge on any atom is -0.377 e. The summed E-state index contributed by atoms with van der Waals surface area (Å²) >= 11 is 0. The van der Waals surface area contributed by atoms with Crippen LogP contribution in [0.2, 0.25) is 0 Å². The van der Waals surface area contributed by atoms with E-state index in [-0.39, 0.29) is 5.91 Å². The topological polar surface area (TPSA) is 126 Å². The van der Waals surface area contributed by atoms with Crippen LogP contribution in [0.15, 0.2) is 60.7 Å². The van der Waals surface area contributed by atoms with Gasteiger partial charge in [-0.15, -0.1) is 0 Å². The van der Waals surface area contributed by atoms with Gasteiger partial charge in [0.1, 0.15) is 0 Å². The van der Waals surface area contributed by atoms with Crippen molar-refractivity contribution in [2.24, 2.45) is 0 Å². The molecule has 37 heavy (non-hydrogen) atoms. The van der Waals surface area contributed by atoms with E-state index in [4.69, 9.17) is 9.47 Å². The van der Waals surface area contributed by atoms with Gasteiger partial charge in [0.25, 0.3) is 5.91 Å². The summed E-state index contributed by atoms with van der Waals surface area (Å²) in [4.78, 5) is 27.9. The van der Waals surface area contributed by atoms with Crippen molar-refractivity contribution in [2.45, 2.75) is 0 Å². The van der Waals surface area contributed by atoms with Gasteiger partial charge in [-0.25, -0.2) is 0 Å². The SMILES string of the molecule is O=C(NCCOCCOCCNc1nc(Nc2ccccc2)nc(N2CCNCC2)n1)c1ccccc1. The Kier molecular flexibility index (Phi) is 10.4. The van der Waals surface area contributed by atoms with Crippen LogP contribution >= 0.6 is 0 Å². The van der Waals surface area contributed by atoms with Crippen molar-refractivity contribution in [3.63, 3.8) is 0 Å². The van der Waals surface area contributed by atoms with Crippen LogP contribution in [0.4, 0.5) is 23.5 Å². The number of amides is 1. The van der Waals surface area contributed by atoms with E-state index in [1.54, 1.807) is 12.1 Å². The molecule has 0 unspecified atom stereocenters. The highest BCUT2D eigenvalue weighted by Gasteiger charge is 2.16. The van der Waals surface area contributed by atoms with Crippen molar-refractivity contribution in [3.8, 4) is 0 Å². The number of hydrogen-bond donors (Lipinski definition) is 4. The van der Waals surface area contributed by atoms with Crippen LogP contribution in [0.5, 0.6) is 0 Å². The molecule has 1 amide bonds. The van der Waals surface area contributed by atoms with E-state index >= 15 is 0 Å². The van der Waals surface area contributed by atoms with Gasteiger partial charge in [-0.3, -0.25) is 4.79 Å². The summed E-state index contributed by atoms with van der Waals surface area (Å²) in [7, 11) is 0. The van der Waals surface area contributed by atoms with Crippen molar-refractivity contribution in [3.05, 3.63) is 66.2 Å². The fourth-order valence-electron chi connectivity index (χ4n) is 3.64. The third-order valence-electron chi connectivity index (χ3n) is 5.52. The molecule has 4 rings (SSSR count). The number of hydrogen-bond acceptors (Lipinski definition) is 10. The highest BCUT2D eigenvalue weighted by molar-refractivity contribution is 5.94. The standard InChI is InChI=1S/C26H34N8O3/c35-23(21-7-3-1-4-8-21)28-13-17-36-19-20-37-18-14-29-24-31-25(30-22-9-5-2-6-10-22)33-26(32-24)34-15-11-27-12-16-34/h1-10,27H,11-20H2,(H,28,35)(H2,29,30,31,32,33). The third-order valence-corrected chi connectivity index (χ3v) is 5.52. The molecule has 0 spiro atoms. The van der Waals surface area contributed by atoms with Crippen molar-refractivity contribution in [1.29, 1.82) is 0 Å². The van der Waals surface area contributed by atoms with E-state index in [1.807, 2.05) is 48.5 Å². The Morgan fingerprint density at radius 3 is 2.19 bits per heavy atom. The van der Waals surface area contributed by atoms with E-state index < -0.39 is 0 Å². The second-order valence-electron chi connectivity index (χ2n) is 8.28. The van der Waals surface area contributed by atoms with Gasteiger partial charge < -0.3 is 35.6 Å². The average Bonchev–Trinajstić information content (AvgIpc) is 2.95. The van der Waals surface area contributed by atoms with Crippen molar-refractivity contribution >= 4 is 29.4 Å². The molecule has 0 radical (unpaired) electrons. The number of para-hydroxylation sites is 1. The summed E-state index contributed by atoms with van der Waals surface area (Å²) in [6, 6.07) is 18.9. The number of benzene rings is 2. The van der Waals surface area contributed by atoms with Crippen LogP contribution in [0.3, 0.4) is 0 Å². The highest BCUT2D eigenvalue weighted by atomic mass is 16.5. The maximum atomic E-state index is 12.0. The largest absolute Gasteiger partial charge is 0.377 e. The van der Waals surface area contributed by atoms with Crippen molar-refractivity contribution in [1.82, 2.24) is 25.6 Å². The van der Waals surface area contributed by atoms with Gasteiger partial charge in [-0.1, -0.05) is 36.4 Å². The van der Waals surface area contributed by atoms with Crippen LogP contribution < -0.4 is 26.2 Å². The number of anilines is 4. The molecule has 11 heteroatoms. The summed E-state index contributed by atoms with van der Waals surface area (Å²) in [5.41, 5.74) is 1.55. The van der Waals surface area contributed by atoms with E-state index in [0.29, 0.717) is 62.9 Å². The number of carbonyl (C=O) groups is 1. The zero-order valence-corrected chi connectivity index (χ0v) is 20.9. The first-order chi connectivity index (χ1) is 18.3. The lowest BCUT2D eigenvalue weighted by Crippen LogP contribution is -2.44. The van der Waals surface area contributed by atoms with E-state index in [0.717, 1.165) is 31.9 Å². The molecule has 1 saturated heterocycles. The molecule has 1 aliphatic heterocycles. The Hall–Kier alpha value is -3.80. The van der Waals surface area contributed by atoms with Crippen molar-refractivity contribution < 1.29 is 14.3 Å². The second kappa shape index (κ2) is 14.7. The molecule has 3 aromatic rings. The van der Waals surface area contributed by atoms with Gasteiger partial charge in [-0.05, 0) is 24.3 Å². The normalized spacial score (nSPS) is 13.2. The summed E-state index contributed by atoms with van der Waals surface area (Å²) in [5, 5.41) is 12.7. The Bertz CT molecular complexity index is 1080. The number of piperazine rings is 1. The third kappa shape index (κ3) is 8.98. The van der Waals surface area contributed by atoms with Crippen LogP contribution in [-0.2, 0) is 9.47 Å². The minimum atomic E-state index is -0.105. The predicted molar refractivity (Wildman–Crippen MR) is 144 cm³/mol. The summed E-state index contributed by atoms with van der Waals surface area (Å²) in [5.74, 6) is 1.53. The van der Waals surface area contributed by atoms with E-state index in [2.05, 4.69) is 41.1 Å². The van der Waals surface area contributed by atoms with E-state index in [9.17, 15) is 4.79 Å². The average molecular weight is 507 g/mol. The van der Waals surface area contributed by atoms with Crippen LogP contribution in [-0.4, -0.2) is 86.6 Å². The molecule has 2 aromatic carbocycles. The predicted octanol–water partition coefficient (Wildman–Crippen LogP) is 1.90. The zero-order valence-electron chi connectivity index (χ0n) is 20.9. The fourth-order valence-corrected chi connectivity index (χ4v) is 3.64. The molecular weight excluding hydrogens is 472 g/mol. The molecule has 0 atom stereocenters. The molecular formula is C26H34N8O3. The molecule has 0 saturated carbocycles. The number of nitrogens with one attached hydrogen (secondary N) is 4. The molecule has 0 aliphatic carbocycles. The Morgan fingerprint density at radius 2 is 1.46 bits per heavy atom. The molecule has 0 bridgehead atoms. The Labute approximate surface area is 217 Å². The summed E-state index contributed by atoms with van der Waals surface area (Å²) in [6.07, 6.45) is 0. The molecule has 1 aliphatic rings. The summed E-state index contributed by atoms with van der Waals surface area (Å²) < 4.78 is 11.2. The lowest BCUT2D eigenvalue weighted by molar-refractivity contribution is 0.0519. The highest BCUT2D eigenvalue weighted by Crippen LogP contribution is 2.18. The zero-order chi connectivity index (χ0) is 25.5. The van der Waals surface area contributed by atoms with Gasteiger partial charge in [0.05, 0.1) is 26.4 Å². The monoisotopic (exact) mass is 506 g/mol. The first-order valence-corrected chi connectivity index (χ1v) is 12.5. The van der Waals surface area contributed by atoms with Crippen LogP contribution in [0, 0.1) is 0 Å². The fraction of sp³-hybridized carbons (Fsp3) is 0.385. The molecule has 1 fully saturated rings. The van der Waals surface area contributed by atoms with Crippen molar-refractivity contribution in [2.75, 3.05) is 81.2 Å². The van der Waals surface area contributed by atoms with Gasteiger partial charge in [0.15, 0.2) is 0 Å². The van der Waals surface area contributed by atoms with Crippen LogP contribution in [0.25, 0.3) is 0 Å². The quantitative estimate of drug-likeness (QED) is 0.241. The molecule has 1 aromatic heterocycles. The number of ether oxygens (including phenoxy) is 2. The first-order valence-electron chi connectivity index (χ1n) is 12.5. The van der Waals surface area contributed by atoms with Gasteiger partial charge >= 0.3 is 0 Å². The second-order valence-corrected chi connectivity index (χ2v) is 8.28. The maximum absolute atomic E-state index is 12.0. The number of aromatic nitrogens is 3. The lowest BCUT2D eigenvalue weighted by atomic mass is 10.2. The molecule has 196 valence electrons. The number of nitrogens with zero attached hydrogens (tertiary/aromatic N) is 4. The molecule has 4 N–H and O–H groups in total. The Morgan fingerprint density at radius 1 is 0.811 bits per heavy atom. The number of rotatable bonds is 14. The van der Waals surface area contributed by atoms with Crippen LogP contribution in [0.1, 0.15) is 10.4 Å². The lowest BCUT2D eigenvalue weighted by Gasteiger charge is -2.27. The molecule has 2 heterocycles. The maximum Gasteiger partial charge on any atom is 0.251 e.